The minimum Gasteiger partial charge on any atom is -0.411 e. The molecule has 0 saturated heterocycles. The molecule has 1 aromatic heterocycles. The number of amides is 2. The number of urea groups is 1. The first-order chi connectivity index (χ1) is 7.58. The summed E-state index contributed by atoms with van der Waals surface area (Å²) < 4.78 is 0. The maximum Gasteiger partial charge on any atom is 0.323 e. The quantitative estimate of drug-likeness (QED) is 0.482. The third-order valence-corrected chi connectivity index (χ3v) is 2.82. The number of hydrogen-bond donors (Lipinski definition) is 2. The highest BCUT2D eigenvalue weighted by Crippen LogP contribution is 2.16. The zero-order chi connectivity index (χ0) is 12.1. The predicted molar refractivity (Wildman–Crippen MR) is 63.4 cm³/mol. The minimum absolute atomic E-state index is 0.206. The van der Waals surface area contributed by atoms with Crippen molar-refractivity contribution in [1.29, 1.82) is 0 Å². The monoisotopic (exact) mass is 242 g/mol. The van der Waals surface area contributed by atoms with Crippen LogP contribution in [0.15, 0.2) is 10.5 Å². The Hall–Kier alpha value is -1.63. The molecule has 0 aliphatic rings. The largest absolute Gasteiger partial charge is 0.411 e. The second kappa shape index (κ2) is 5.45. The Morgan fingerprint density at radius 1 is 1.75 bits per heavy atom. The van der Waals surface area contributed by atoms with Crippen molar-refractivity contribution in [1.82, 2.24) is 9.88 Å². The molecule has 1 aromatic rings. The van der Waals surface area contributed by atoms with Gasteiger partial charge in [0.2, 0.25) is 0 Å². The number of rotatable bonds is 3. The summed E-state index contributed by atoms with van der Waals surface area (Å²) in [6.45, 7) is 4.15. The van der Waals surface area contributed by atoms with E-state index >= 15 is 0 Å². The SMILES string of the molecule is CCN(C)C(=O)Nc1nc(C(C)=NO)cs1. The van der Waals surface area contributed by atoms with Crippen molar-refractivity contribution >= 4 is 28.2 Å². The summed E-state index contributed by atoms with van der Waals surface area (Å²) in [4.78, 5) is 17.1. The van der Waals surface area contributed by atoms with Crippen LogP contribution in [0, 0.1) is 0 Å². The van der Waals surface area contributed by atoms with Gasteiger partial charge in [-0.05, 0) is 13.8 Å². The van der Waals surface area contributed by atoms with E-state index < -0.39 is 0 Å². The Labute approximate surface area is 97.6 Å². The van der Waals surface area contributed by atoms with Crippen molar-refractivity contribution in [2.24, 2.45) is 5.16 Å². The Balaban J connectivity index is 2.69. The number of nitrogens with one attached hydrogen (secondary N) is 1. The lowest BCUT2D eigenvalue weighted by Crippen LogP contribution is -2.30. The van der Waals surface area contributed by atoms with Gasteiger partial charge in [0, 0.05) is 19.0 Å². The van der Waals surface area contributed by atoms with E-state index in [1.807, 2.05) is 6.92 Å². The average molecular weight is 242 g/mol. The molecule has 0 aromatic carbocycles. The fraction of sp³-hybridized carbons (Fsp3) is 0.444. The lowest BCUT2D eigenvalue weighted by Gasteiger charge is -2.13. The maximum absolute atomic E-state index is 11.5. The first-order valence-electron chi connectivity index (χ1n) is 4.75. The van der Waals surface area contributed by atoms with E-state index in [4.69, 9.17) is 5.21 Å². The molecule has 6 nitrogen and oxygen atoms in total. The van der Waals surface area contributed by atoms with Crippen LogP contribution in [0.2, 0.25) is 0 Å². The smallest absolute Gasteiger partial charge is 0.323 e. The second-order valence-electron chi connectivity index (χ2n) is 3.17. The summed E-state index contributed by atoms with van der Waals surface area (Å²) >= 11 is 1.29. The van der Waals surface area contributed by atoms with E-state index in [0.717, 1.165) is 0 Å². The molecular formula is C9H14N4O2S. The van der Waals surface area contributed by atoms with Crippen LogP contribution in [0.3, 0.4) is 0 Å². The molecular weight excluding hydrogens is 228 g/mol. The van der Waals surface area contributed by atoms with Crippen LogP contribution in [-0.4, -0.2) is 40.4 Å². The summed E-state index contributed by atoms with van der Waals surface area (Å²) in [5, 5.41) is 16.5. The maximum atomic E-state index is 11.5. The van der Waals surface area contributed by atoms with Gasteiger partial charge in [0.15, 0.2) is 5.13 Å². The topological polar surface area (TPSA) is 77.8 Å². The van der Waals surface area contributed by atoms with Crippen molar-refractivity contribution in [2.45, 2.75) is 13.8 Å². The van der Waals surface area contributed by atoms with Crippen LogP contribution < -0.4 is 5.32 Å². The molecule has 2 N–H and O–H groups in total. The molecule has 2 amide bonds. The Morgan fingerprint density at radius 3 is 3.00 bits per heavy atom. The molecule has 0 radical (unpaired) electrons. The Bertz CT molecular complexity index is 402. The number of anilines is 1. The Morgan fingerprint density at radius 2 is 2.44 bits per heavy atom. The number of oxime groups is 1. The average Bonchev–Trinajstić information content (AvgIpc) is 2.75. The van der Waals surface area contributed by atoms with Crippen molar-refractivity contribution < 1.29 is 10.0 Å². The normalized spacial score (nSPS) is 11.3. The van der Waals surface area contributed by atoms with Crippen LogP contribution >= 0.6 is 11.3 Å². The molecule has 0 aliphatic carbocycles. The molecule has 88 valence electrons. The van der Waals surface area contributed by atoms with Crippen LogP contribution in [0.25, 0.3) is 0 Å². The van der Waals surface area contributed by atoms with Gasteiger partial charge in [-0.2, -0.15) is 0 Å². The van der Waals surface area contributed by atoms with Crippen LogP contribution in [-0.2, 0) is 0 Å². The summed E-state index contributed by atoms with van der Waals surface area (Å²) in [5.41, 5.74) is 0.975. The highest BCUT2D eigenvalue weighted by atomic mass is 32.1. The van der Waals surface area contributed by atoms with Gasteiger partial charge in [-0.1, -0.05) is 5.16 Å². The highest BCUT2D eigenvalue weighted by Gasteiger charge is 2.10. The summed E-state index contributed by atoms with van der Waals surface area (Å²) in [6, 6.07) is -0.206. The Kier molecular flexibility index (Phi) is 4.24. The van der Waals surface area contributed by atoms with Crippen molar-refractivity contribution in [3.05, 3.63) is 11.1 Å². The third-order valence-electron chi connectivity index (χ3n) is 2.06. The summed E-state index contributed by atoms with van der Waals surface area (Å²) in [7, 11) is 1.70. The molecule has 0 unspecified atom stereocenters. The second-order valence-corrected chi connectivity index (χ2v) is 4.03. The van der Waals surface area contributed by atoms with Gasteiger partial charge in [-0.15, -0.1) is 11.3 Å². The van der Waals surface area contributed by atoms with Gasteiger partial charge < -0.3 is 10.1 Å². The van der Waals surface area contributed by atoms with E-state index in [9.17, 15) is 4.79 Å². The summed E-state index contributed by atoms with van der Waals surface area (Å²) in [6.07, 6.45) is 0. The zero-order valence-electron chi connectivity index (χ0n) is 9.39. The molecule has 16 heavy (non-hydrogen) atoms. The van der Waals surface area contributed by atoms with E-state index in [2.05, 4.69) is 15.5 Å². The minimum atomic E-state index is -0.206. The van der Waals surface area contributed by atoms with Gasteiger partial charge in [0.1, 0.15) is 11.4 Å². The fourth-order valence-corrected chi connectivity index (χ4v) is 1.62. The first kappa shape index (κ1) is 12.4. The molecule has 7 heteroatoms. The molecule has 0 bridgehead atoms. The van der Waals surface area contributed by atoms with Crippen LogP contribution in [0.1, 0.15) is 19.5 Å². The van der Waals surface area contributed by atoms with Gasteiger partial charge >= 0.3 is 6.03 Å². The van der Waals surface area contributed by atoms with Gasteiger partial charge in [-0.3, -0.25) is 5.32 Å². The molecule has 1 heterocycles. The van der Waals surface area contributed by atoms with Gasteiger partial charge in [-0.25, -0.2) is 9.78 Å². The molecule has 1 rings (SSSR count). The molecule has 0 spiro atoms. The van der Waals surface area contributed by atoms with Crippen molar-refractivity contribution in [2.75, 3.05) is 18.9 Å². The number of carbonyl (C=O) groups is 1. The molecule has 0 aliphatic heterocycles. The van der Waals surface area contributed by atoms with E-state index in [0.29, 0.717) is 23.1 Å². The number of hydrogen-bond acceptors (Lipinski definition) is 5. The number of nitrogens with zero attached hydrogens (tertiary/aromatic N) is 3. The number of thiazole rings is 1. The third kappa shape index (κ3) is 2.93. The molecule has 0 fully saturated rings. The van der Waals surface area contributed by atoms with E-state index in [-0.39, 0.29) is 6.03 Å². The standard InChI is InChI=1S/C9H14N4O2S/c1-4-13(3)9(14)11-8-10-7(5-16-8)6(2)12-15/h5,15H,4H2,1-3H3,(H,10,11,14). The number of carbonyl (C=O) groups excluding carboxylic acids is 1. The van der Waals surface area contributed by atoms with Gasteiger partial charge in [0.05, 0.1) is 0 Å². The predicted octanol–water partition coefficient (Wildman–Crippen LogP) is 1.82. The molecule has 0 atom stereocenters. The summed E-state index contributed by atoms with van der Waals surface area (Å²) in [5.74, 6) is 0. The first-order valence-corrected chi connectivity index (χ1v) is 5.63. The highest BCUT2D eigenvalue weighted by molar-refractivity contribution is 7.14. The van der Waals surface area contributed by atoms with Crippen LogP contribution in [0.4, 0.5) is 9.93 Å². The lowest BCUT2D eigenvalue weighted by atomic mass is 10.3. The van der Waals surface area contributed by atoms with E-state index in [1.54, 1.807) is 19.4 Å². The van der Waals surface area contributed by atoms with Crippen molar-refractivity contribution in [3.63, 3.8) is 0 Å². The zero-order valence-corrected chi connectivity index (χ0v) is 10.2. The fourth-order valence-electron chi connectivity index (χ4n) is 0.879. The van der Waals surface area contributed by atoms with Crippen LogP contribution in [0.5, 0.6) is 0 Å². The molecule has 0 saturated carbocycles. The van der Waals surface area contributed by atoms with Crippen molar-refractivity contribution in [3.8, 4) is 0 Å². The lowest BCUT2D eigenvalue weighted by molar-refractivity contribution is 0.224. The number of aromatic nitrogens is 1. The van der Waals surface area contributed by atoms with Gasteiger partial charge in [0.25, 0.3) is 0 Å². The van der Waals surface area contributed by atoms with E-state index in [1.165, 1.54) is 16.2 Å².